The number of carbonyl (C=O) groups is 1. The molecule has 15 heavy (non-hydrogen) atoms. The smallest absolute Gasteiger partial charge is 0.306 e. The summed E-state index contributed by atoms with van der Waals surface area (Å²) in [6.45, 7) is 1.89. The number of rotatable bonds is 2. The number of carboxylic acids is 1. The maximum absolute atomic E-state index is 10.8. The average Bonchev–Trinajstić information content (AvgIpc) is 2.39. The van der Waals surface area contributed by atoms with Gasteiger partial charge in [0.15, 0.2) is 0 Å². The first-order valence-corrected chi connectivity index (χ1v) is 5.06. The van der Waals surface area contributed by atoms with Crippen molar-refractivity contribution in [2.24, 2.45) is 5.92 Å². The maximum atomic E-state index is 10.8. The third kappa shape index (κ3) is 1.53. The van der Waals surface area contributed by atoms with Crippen LogP contribution in [0.4, 0.5) is 0 Å². The zero-order chi connectivity index (χ0) is 11.1. The Morgan fingerprint density at radius 1 is 1.53 bits per heavy atom. The summed E-state index contributed by atoms with van der Waals surface area (Å²) in [5, 5.41) is 19.2. The minimum Gasteiger partial charge on any atom is -0.481 e. The van der Waals surface area contributed by atoms with Crippen molar-refractivity contribution in [1.82, 2.24) is 0 Å². The van der Waals surface area contributed by atoms with Crippen LogP contribution >= 0.6 is 0 Å². The van der Waals surface area contributed by atoms with Gasteiger partial charge in [-0.15, -0.1) is 0 Å². The van der Waals surface area contributed by atoms with Crippen molar-refractivity contribution >= 4 is 5.97 Å². The summed E-state index contributed by atoms with van der Waals surface area (Å²) in [6, 6.07) is 7.52. The van der Waals surface area contributed by atoms with Crippen LogP contribution in [-0.4, -0.2) is 16.2 Å². The number of fused-ring (bicyclic) bond motifs is 1. The number of hydrogen-bond acceptors (Lipinski definition) is 2. The molecule has 2 atom stereocenters. The lowest BCUT2D eigenvalue weighted by Crippen LogP contribution is -2.32. The van der Waals surface area contributed by atoms with Crippen molar-refractivity contribution < 1.29 is 15.0 Å². The Kier molecular flexibility index (Phi) is 2.27. The molecule has 1 aromatic carbocycles. The fraction of sp³-hybridized carbons (Fsp3) is 0.417. The first-order chi connectivity index (χ1) is 7.04. The van der Waals surface area contributed by atoms with Gasteiger partial charge in [-0.2, -0.15) is 0 Å². The SMILES string of the molecule is CC1Cc2ccccc2C1(O)CC(=O)O. The van der Waals surface area contributed by atoms with Crippen LogP contribution in [0.2, 0.25) is 0 Å². The Bertz CT molecular complexity index is 400. The van der Waals surface area contributed by atoms with E-state index in [1.165, 1.54) is 0 Å². The lowest BCUT2D eigenvalue weighted by atomic mass is 9.85. The molecule has 1 aliphatic carbocycles. The second-order valence-electron chi connectivity index (χ2n) is 4.26. The van der Waals surface area contributed by atoms with Crippen LogP contribution in [0.1, 0.15) is 24.5 Å². The molecular formula is C12H14O3. The molecule has 1 aromatic rings. The number of benzene rings is 1. The van der Waals surface area contributed by atoms with Gasteiger partial charge in [0.05, 0.1) is 6.42 Å². The van der Waals surface area contributed by atoms with Crippen molar-refractivity contribution in [3.8, 4) is 0 Å². The van der Waals surface area contributed by atoms with Crippen LogP contribution in [0.5, 0.6) is 0 Å². The fourth-order valence-electron chi connectivity index (χ4n) is 2.38. The lowest BCUT2D eigenvalue weighted by molar-refractivity contribution is -0.144. The van der Waals surface area contributed by atoms with E-state index < -0.39 is 11.6 Å². The Morgan fingerprint density at radius 3 is 2.87 bits per heavy atom. The van der Waals surface area contributed by atoms with E-state index in [1.54, 1.807) is 0 Å². The highest BCUT2D eigenvalue weighted by molar-refractivity contribution is 5.69. The predicted molar refractivity (Wildman–Crippen MR) is 55.5 cm³/mol. The highest BCUT2D eigenvalue weighted by Gasteiger charge is 2.44. The molecule has 3 nitrogen and oxygen atoms in total. The zero-order valence-corrected chi connectivity index (χ0v) is 8.60. The number of carboxylic acid groups (broad SMARTS) is 1. The standard InChI is InChI=1S/C12H14O3/c1-8-6-9-4-2-3-5-10(9)12(8,15)7-11(13)14/h2-5,8,15H,6-7H2,1H3,(H,13,14). The van der Waals surface area contributed by atoms with Crippen LogP contribution in [0, 0.1) is 5.92 Å². The van der Waals surface area contributed by atoms with Gasteiger partial charge in [-0.25, -0.2) is 0 Å². The van der Waals surface area contributed by atoms with Crippen LogP contribution < -0.4 is 0 Å². The molecule has 0 spiro atoms. The largest absolute Gasteiger partial charge is 0.481 e. The molecule has 0 saturated carbocycles. The van der Waals surface area contributed by atoms with Gasteiger partial charge in [0.2, 0.25) is 0 Å². The highest BCUT2D eigenvalue weighted by atomic mass is 16.4. The number of aliphatic carboxylic acids is 1. The molecule has 0 radical (unpaired) electrons. The van der Waals surface area contributed by atoms with Gasteiger partial charge in [0.1, 0.15) is 5.60 Å². The quantitative estimate of drug-likeness (QED) is 0.771. The van der Waals surface area contributed by atoms with Gasteiger partial charge in [0.25, 0.3) is 0 Å². The van der Waals surface area contributed by atoms with Crippen molar-refractivity contribution in [3.05, 3.63) is 35.4 Å². The molecule has 0 amide bonds. The normalized spacial score (nSPS) is 28.8. The van der Waals surface area contributed by atoms with Crippen LogP contribution in [-0.2, 0) is 16.8 Å². The maximum Gasteiger partial charge on any atom is 0.306 e. The summed E-state index contributed by atoms with van der Waals surface area (Å²) in [4.78, 5) is 10.8. The van der Waals surface area contributed by atoms with E-state index in [4.69, 9.17) is 5.11 Å². The summed E-state index contributed by atoms with van der Waals surface area (Å²) in [5.41, 5.74) is 0.649. The molecule has 2 N–H and O–H groups in total. The van der Waals surface area contributed by atoms with E-state index in [9.17, 15) is 9.90 Å². The van der Waals surface area contributed by atoms with Gasteiger partial charge >= 0.3 is 5.97 Å². The first kappa shape index (κ1) is 10.2. The lowest BCUT2D eigenvalue weighted by Gasteiger charge is -2.27. The van der Waals surface area contributed by atoms with E-state index in [0.717, 1.165) is 17.5 Å². The van der Waals surface area contributed by atoms with Gasteiger partial charge in [-0.05, 0) is 23.5 Å². The third-order valence-electron chi connectivity index (χ3n) is 3.25. The molecule has 0 heterocycles. The third-order valence-corrected chi connectivity index (χ3v) is 3.25. The van der Waals surface area contributed by atoms with Crippen LogP contribution in [0.3, 0.4) is 0 Å². The Morgan fingerprint density at radius 2 is 2.20 bits per heavy atom. The summed E-state index contributed by atoms with van der Waals surface area (Å²) in [7, 11) is 0. The number of hydrogen-bond donors (Lipinski definition) is 2. The van der Waals surface area contributed by atoms with Crippen LogP contribution in [0.25, 0.3) is 0 Å². The molecule has 0 aliphatic heterocycles. The summed E-state index contributed by atoms with van der Waals surface area (Å²) < 4.78 is 0. The second-order valence-corrected chi connectivity index (χ2v) is 4.26. The molecule has 0 saturated heterocycles. The fourth-order valence-corrected chi connectivity index (χ4v) is 2.38. The Balaban J connectivity index is 2.44. The van der Waals surface area contributed by atoms with Gasteiger partial charge < -0.3 is 10.2 Å². The van der Waals surface area contributed by atoms with E-state index in [1.807, 2.05) is 31.2 Å². The summed E-state index contributed by atoms with van der Waals surface area (Å²) in [5.74, 6) is -0.993. The number of aliphatic hydroxyl groups is 1. The predicted octanol–water partition coefficient (Wildman–Crippen LogP) is 1.54. The second kappa shape index (κ2) is 3.35. The molecule has 2 rings (SSSR count). The minimum atomic E-state index is -1.19. The monoisotopic (exact) mass is 206 g/mol. The van der Waals surface area contributed by atoms with E-state index in [-0.39, 0.29) is 12.3 Å². The van der Waals surface area contributed by atoms with Crippen molar-refractivity contribution in [2.45, 2.75) is 25.4 Å². The topological polar surface area (TPSA) is 57.5 Å². The first-order valence-electron chi connectivity index (χ1n) is 5.06. The van der Waals surface area contributed by atoms with E-state index in [2.05, 4.69) is 0 Å². The van der Waals surface area contributed by atoms with Crippen molar-refractivity contribution in [2.75, 3.05) is 0 Å². The Labute approximate surface area is 88.4 Å². The van der Waals surface area contributed by atoms with Crippen molar-refractivity contribution in [3.63, 3.8) is 0 Å². The van der Waals surface area contributed by atoms with Crippen molar-refractivity contribution in [1.29, 1.82) is 0 Å². The van der Waals surface area contributed by atoms with Gasteiger partial charge in [0, 0.05) is 0 Å². The summed E-state index contributed by atoms with van der Waals surface area (Å²) >= 11 is 0. The minimum absolute atomic E-state index is 0.0361. The molecule has 1 aliphatic rings. The molecule has 80 valence electrons. The van der Waals surface area contributed by atoms with E-state index in [0.29, 0.717) is 0 Å². The molecule has 3 heteroatoms. The highest BCUT2D eigenvalue weighted by Crippen LogP contribution is 2.43. The zero-order valence-electron chi connectivity index (χ0n) is 8.60. The van der Waals surface area contributed by atoms with Crippen LogP contribution in [0.15, 0.2) is 24.3 Å². The molecule has 0 bridgehead atoms. The molecule has 2 unspecified atom stereocenters. The Hall–Kier alpha value is -1.35. The molecular weight excluding hydrogens is 192 g/mol. The van der Waals surface area contributed by atoms with E-state index >= 15 is 0 Å². The molecule has 0 aromatic heterocycles. The molecule has 0 fully saturated rings. The van der Waals surface area contributed by atoms with Gasteiger partial charge in [-0.1, -0.05) is 31.2 Å². The average molecular weight is 206 g/mol. The summed E-state index contributed by atoms with van der Waals surface area (Å²) in [6.07, 6.45) is 0.533. The van der Waals surface area contributed by atoms with Gasteiger partial charge in [-0.3, -0.25) is 4.79 Å².